The number of amides is 2. The number of carbonyl (C=O) groups is 4. The zero-order valence-electron chi connectivity index (χ0n) is 27.2. The van der Waals surface area contributed by atoms with E-state index in [0.29, 0.717) is 45.5 Å². The van der Waals surface area contributed by atoms with E-state index in [0.717, 1.165) is 28.2 Å². The predicted molar refractivity (Wildman–Crippen MR) is 181 cm³/mol. The summed E-state index contributed by atoms with van der Waals surface area (Å²) in [5, 5.41) is 1.92. The number of benzene rings is 3. The molecule has 0 radical (unpaired) electrons. The van der Waals surface area contributed by atoms with Gasteiger partial charge in [-0.3, -0.25) is 14.4 Å². The summed E-state index contributed by atoms with van der Waals surface area (Å²) in [6.45, 7) is 6.63. The van der Waals surface area contributed by atoms with E-state index in [1.54, 1.807) is 53.6 Å². The molecule has 2 amide bonds. The van der Waals surface area contributed by atoms with Gasteiger partial charge in [-0.05, 0) is 78.1 Å². The van der Waals surface area contributed by atoms with Gasteiger partial charge in [-0.1, -0.05) is 69.3 Å². The molecule has 9 nitrogen and oxygen atoms in total. The number of para-hydroxylation sites is 1. The number of ether oxygens (including phenoxy) is 2. The molecular weight excluding hydrogens is 628 g/mol. The summed E-state index contributed by atoms with van der Waals surface area (Å²) >= 11 is 1.33. The van der Waals surface area contributed by atoms with Crippen LogP contribution in [0.3, 0.4) is 0 Å². The standard InChI is InChI=1S/C38H36N2O7S/c1-38(2,3)24-17-20-27-28(21-24)48-35(29(27)37(44)45-4)39-33(41)30-31(40(47-32(30)34(39)42)25-13-9-6-10-14-25)22-15-18-26(19-16-22)46-36(43)23-11-7-5-8-12-23/h5-16,18-19,24,30-32H,17,20-21H2,1-4H3/t24-,30-,31-,32-/m1/s1. The van der Waals surface area contributed by atoms with Gasteiger partial charge in [0.1, 0.15) is 16.7 Å². The fraction of sp³-hybridized carbons (Fsp3) is 0.316. The SMILES string of the molecule is COC(=O)c1c(N2C(=O)[C@@H]3[C@@H](c4ccc(OC(=O)c5ccccc5)cc4)N(c4ccccc4)O[C@H]3C2=O)sc2c1CC[C@@H](C(C)(C)C)C2. The first kappa shape index (κ1) is 31.8. The molecule has 10 heteroatoms. The van der Waals surface area contributed by atoms with Crippen molar-refractivity contribution in [3.8, 4) is 5.75 Å². The van der Waals surface area contributed by atoms with Gasteiger partial charge in [0.2, 0.25) is 5.91 Å². The fourth-order valence-electron chi connectivity index (χ4n) is 7.01. The van der Waals surface area contributed by atoms with Crippen LogP contribution in [0, 0.1) is 17.3 Å². The van der Waals surface area contributed by atoms with E-state index >= 15 is 0 Å². The lowest BCUT2D eigenvalue weighted by Crippen LogP contribution is -2.37. The highest BCUT2D eigenvalue weighted by atomic mass is 32.1. The Morgan fingerprint density at radius 1 is 0.875 bits per heavy atom. The van der Waals surface area contributed by atoms with Crippen molar-refractivity contribution in [2.24, 2.45) is 17.3 Å². The second kappa shape index (κ2) is 12.3. The number of thiophene rings is 1. The van der Waals surface area contributed by atoms with Crippen molar-refractivity contribution in [2.45, 2.75) is 52.2 Å². The molecule has 1 aromatic heterocycles. The summed E-state index contributed by atoms with van der Waals surface area (Å²) in [4.78, 5) is 63.1. The predicted octanol–water partition coefficient (Wildman–Crippen LogP) is 6.96. The highest BCUT2D eigenvalue weighted by Crippen LogP contribution is 2.51. The lowest BCUT2D eigenvalue weighted by atomic mass is 9.72. The van der Waals surface area contributed by atoms with Crippen molar-refractivity contribution >= 4 is 45.8 Å². The van der Waals surface area contributed by atoms with Gasteiger partial charge in [0.05, 0.1) is 30.0 Å². The van der Waals surface area contributed by atoms with Gasteiger partial charge in [0.25, 0.3) is 5.91 Å². The lowest BCUT2D eigenvalue weighted by Gasteiger charge is -2.33. The number of hydrogen-bond acceptors (Lipinski definition) is 9. The van der Waals surface area contributed by atoms with Gasteiger partial charge in [-0.25, -0.2) is 19.6 Å². The Bertz CT molecular complexity index is 1880. The zero-order chi connectivity index (χ0) is 33.7. The quantitative estimate of drug-likeness (QED) is 0.124. The molecule has 1 aliphatic carbocycles. The Morgan fingerprint density at radius 3 is 2.19 bits per heavy atom. The number of nitrogens with zero attached hydrogens (tertiary/aromatic N) is 2. The molecule has 0 unspecified atom stereocenters. The fourth-order valence-corrected chi connectivity index (χ4v) is 8.43. The van der Waals surface area contributed by atoms with Crippen molar-refractivity contribution in [1.29, 1.82) is 0 Å². The summed E-state index contributed by atoms with van der Waals surface area (Å²) in [5.74, 6) is -2.17. The molecule has 48 heavy (non-hydrogen) atoms. The first-order chi connectivity index (χ1) is 23.1. The molecule has 0 spiro atoms. The number of fused-ring (bicyclic) bond motifs is 2. The molecule has 4 aromatic rings. The number of esters is 2. The first-order valence-electron chi connectivity index (χ1n) is 16.1. The molecule has 2 fully saturated rings. The largest absolute Gasteiger partial charge is 0.465 e. The monoisotopic (exact) mass is 664 g/mol. The molecule has 0 bridgehead atoms. The Labute approximate surface area is 283 Å². The second-order valence-electron chi connectivity index (χ2n) is 13.5. The third-order valence-corrected chi connectivity index (χ3v) is 10.9. The molecule has 3 aromatic carbocycles. The number of rotatable bonds is 6. The number of imide groups is 1. The van der Waals surface area contributed by atoms with E-state index in [1.165, 1.54) is 18.4 Å². The number of anilines is 2. The Morgan fingerprint density at radius 2 is 1.54 bits per heavy atom. The first-order valence-corrected chi connectivity index (χ1v) is 16.9. The van der Waals surface area contributed by atoms with Gasteiger partial charge in [-0.15, -0.1) is 11.3 Å². The lowest BCUT2D eigenvalue weighted by molar-refractivity contribution is -0.126. The second-order valence-corrected chi connectivity index (χ2v) is 14.6. The summed E-state index contributed by atoms with van der Waals surface area (Å²) in [5.41, 5.74) is 3.03. The van der Waals surface area contributed by atoms with Gasteiger partial charge in [0, 0.05) is 4.88 Å². The van der Waals surface area contributed by atoms with Crippen molar-refractivity contribution in [1.82, 2.24) is 0 Å². The molecule has 2 aliphatic heterocycles. The number of methoxy groups -OCH3 is 1. The van der Waals surface area contributed by atoms with E-state index in [4.69, 9.17) is 14.3 Å². The van der Waals surface area contributed by atoms with E-state index in [1.807, 2.05) is 36.4 Å². The molecular formula is C38H36N2O7S. The van der Waals surface area contributed by atoms with Crippen LogP contribution in [0.5, 0.6) is 5.75 Å². The van der Waals surface area contributed by atoms with Crippen LogP contribution in [-0.4, -0.2) is 37.0 Å². The van der Waals surface area contributed by atoms with Crippen LogP contribution in [0.1, 0.15) is 70.0 Å². The minimum Gasteiger partial charge on any atom is -0.465 e. The van der Waals surface area contributed by atoms with Gasteiger partial charge in [-0.2, -0.15) is 0 Å². The van der Waals surface area contributed by atoms with E-state index in [9.17, 15) is 19.2 Å². The summed E-state index contributed by atoms with van der Waals surface area (Å²) in [6.07, 6.45) is 1.23. The van der Waals surface area contributed by atoms with Crippen molar-refractivity contribution in [3.05, 3.63) is 112 Å². The topological polar surface area (TPSA) is 102 Å². The maximum Gasteiger partial charge on any atom is 0.343 e. The Hall–Kier alpha value is -4.80. The van der Waals surface area contributed by atoms with E-state index < -0.39 is 41.8 Å². The molecule has 246 valence electrons. The highest BCUT2D eigenvalue weighted by molar-refractivity contribution is 7.17. The molecule has 0 N–H and O–H groups in total. The van der Waals surface area contributed by atoms with E-state index in [-0.39, 0.29) is 5.41 Å². The summed E-state index contributed by atoms with van der Waals surface area (Å²) in [6, 6.07) is 24.2. The molecule has 0 saturated carbocycles. The van der Waals surface area contributed by atoms with Crippen molar-refractivity contribution in [2.75, 3.05) is 17.1 Å². The average Bonchev–Trinajstić information content (AvgIpc) is 3.74. The average molecular weight is 665 g/mol. The summed E-state index contributed by atoms with van der Waals surface area (Å²) < 4.78 is 10.8. The molecule has 3 heterocycles. The highest BCUT2D eigenvalue weighted by Gasteiger charge is 2.61. The molecule has 7 rings (SSSR count). The Kier molecular flexibility index (Phi) is 8.17. The molecule has 3 aliphatic rings. The number of carbonyl (C=O) groups excluding carboxylic acids is 4. The zero-order valence-corrected chi connectivity index (χ0v) is 28.0. The third-order valence-electron chi connectivity index (χ3n) is 9.63. The van der Waals surface area contributed by atoms with Crippen LogP contribution in [0.15, 0.2) is 84.9 Å². The van der Waals surface area contributed by atoms with Crippen molar-refractivity contribution < 1.29 is 33.5 Å². The van der Waals surface area contributed by atoms with Crippen LogP contribution in [-0.2, 0) is 32.0 Å². The third kappa shape index (κ3) is 5.48. The van der Waals surface area contributed by atoms with Crippen LogP contribution >= 0.6 is 11.3 Å². The number of hydroxylamine groups is 1. The maximum absolute atomic E-state index is 14.5. The minimum absolute atomic E-state index is 0.0704. The smallest absolute Gasteiger partial charge is 0.343 e. The summed E-state index contributed by atoms with van der Waals surface area (Å²) in [7, 11) is 1.32. The Balaban J connectivity index is 1.24. The number of hydrogen-bond donors (Lipinski definition) is 0. The van der Waals surface area contributed by atoms with E-state index in [2.05, 4.69) is 20.8 Å². The maximum atomic E-state index is 14.5. The van der Waals surface area contributed by atoms with Crippen LogP contribution in [0.25, 0.3) is 0 Å². The molecule has 4 atom stereocenters. The van der Waals surface area contributed by atoms with Crippen LogP contribution in [0.4, 0.5) is 10.7 Å². The van der Waals surface area contributed by atoms with Crippen LogP contribution < -0.4 is 14.7 Å². The van der Waals surface area contributed by atoms with Gasteiger partial charge >= 0.3 is 11.9 Å². The van der Waals surface area contributed by atoms with Gasteiger partial charge < -0.3 is 9.47 Å². The normalized spacial score (nSPS) is 22.0. The van der Waals surface area contributed by atoms with Gasteiger partial charge in [0.15, 0.2) is 6.10 Å². The molecule has 2 saturated heterocycles. The minimum atomic E-state index is -1.11. The van der Waals surface area contributed by atoms with Crippen LogP contribution in [0.2, 0.25) is 0 Å². The van der Waals surface area contributed by atoms with Crippen molar-refractivity contribution in [3.63, 3.8) is 0 Å².